The molecule has 6 nitrogen and oxygen atoms in total. The van der Waals surface area contributed by atoms with Crippen LogP contribution < -0.4 is 9.47 Å². The Labute approximate surface area is 187 Å². The molecule has 1 unspecified atom stereocenters. The molecular weight excluding hydrogens is 406 g/mol. The summed E-state index contributed by atoms with van der Waals surface area (Å²) in [5, 5.41) is 0. The van der Waals surface area contributed by atoms with Crippen molar-refractivity contribution in [2.24, 2.45) is 4.99 Å². The highest BCUT2D eigenvalue weighted by Gasteiger charge is 2.12. The molecule has 3 aromatic rings. The highest BCUT2D eigenvalue weighted by atomic mass is 16.5. The van der Waals surface area contributed by atoms with Gasteiger partial charge in [0, 0.05) is 6.21 Å². The number of aliphatic imine (C=N–C) groups is 1. The minimum Gasteiger partial charge on any atom is -0.497 e. The molecule has 0 aliphatic carbocycles. The standard InChI is InChI=1S/C26H25NO5/c1-4-18(2)31-25(28)21-9-15-24(16-10-21)32-26(29)20-7-11-22(12-8-20)27-17-19-5-13-23(30-3)14-6-19/h5-18H,4H2,1-3H3. The van der Waals surface area contributed by atoms with Crippen molar-refractivity contribution in [2.45, 2.75) is 26.4 Å². The van der Waals surface area contributed by atoms with Crippen molar-refractivity contribution in [3.8, 4) is 11.5 Å². The van der Waals surface area contributed by atoms with Crippen LogP contribution >= 0.6 is 0 Å². The van der Waals surface area contributed by atoms with Gasteiger partial charge < -0.3 is 14.2 Å². The number of carbonyl (C=O) groups is 2. The second-order valence-corrected chi connectivity index (χ2v) is 7.12. The summed E-state index contributed by atoms with van der Waals surface area (Å²) in [6.45, 7) is 3.78. The first-order chi connectivity index (χ1) is 15.5. The van der Waals surface area contributed by atoms with Crippen LogP contribution in [0.2, 0.25) is 0 Å². The highest BCUT2D eigenvalue weighted by Crippen LogP contribution is 2.18. The van der Waals surface area contributed by atoms with Crippen LogP contribution in [0.25, 0.3) is 0 Å². The maximum absolute atomic E-state index is 12.4. The van der Waals surface area contributed by atoms with Gasteiger partial charge in [0.2, 0.25) is 0 Å². The minimum atomic E-state index is -0.495. The quantitative estimate of drug-likeness (QED) is 0.263. The average molecular weight is 431 g/mol. The molecule has 0 bridgehead atoms. The molecule has 0 aliphatic rings. The molecule has 0 saturated heterocycles. The number of carbonyl (C=O) groups excluding carboxylic acids is 2. The van der Waals surface area contributed by atoms with Crippen LogP contribution in [0.3, 0.4) is 0 Å². The summed E-state index contributed by atoms with van der Waals surface area (Å²) in [4.78, 5) is 28.8. The van der Waals surface area contributed by atoms with Gasteiger partial charge in [-0.3, -0.25) is 4.99 Å². The Kier molecular flexibility index (Phi) is 7.75. The van der Waals surface area contributed by atoms with Gasteiger partial charge in [-0.2, -0.15) is 0 Å². The Morgan fingerprint density at radius 2 is 1.41 bits per heavy atom. The van der Waals surface area contributed by atoms with Crippen molar-refractivity contribution in [1.29, 1.82) is 0 Å². The summed E-state index contributed by atoms with van der Waals surface area (Å²) in [5.74, 6) is 0.232. The van der Waals surface area contributed by atoms with Crippen LogP contribution in [0.1, 0.15) is 46.5 Å². The SMILES string of the molecule is CCC(C)OC(=O)c1ccc(OC(=O)c2ccc(N=Cc3ccc(OC)cc3)cc2)cc1. The first-order valence-corrected chi connectivity index (χ1v) is 10.3. The number of hydrogen-bond donors (Lipinski definition) is 0. The van der Waals surface area contributed by atoms with Gasteiger partial charge in [-0.15, -0.1) is 0 Å². The van der Waals surface area contributed by atoms with Crippen LogP contribution in [-0.4, -0.2) is 31.4 Å². The van der Waals surface area contributed by atoms with Gasteiger partial charge in [0.05, 0.1) is 30.0 Å². The summed E-state index contributed by atoms with van der Waals surface area (Å²) in [6, 6.07) is 20.6. The number of ether oxygens (including phenoxy) is 3. The van der Waals surface area contributed by atoms with Crippen molar-refractivity contribution in [3.63, 3.8) is 0 Å². The van der Waals surface area contributed by atoms with Crippen LogP contribution in [0.4, 0.5) is 5.69 Å². The summed E-state index contributed by atoms with van der Waals surface area (Å²) in [7, 11) is 1.62. The van der Waals surface area contributed by atoms with E-state index >= 15 is 0 Å². The monoisotopic (exact) mass is 431 g/mol. The summed E-state index contributed by atoms with van der Waals surface area (Å²) in [6.07, 6.45) is 2.33. The number of benzene rings is 3. The summed E-state index contributed by atoms with van der Waals surface area (Å²) < 4.78 is 15.8. The second kappa shape index (κ2) is 10.9. The van der Waals surface area contributed by atoms with Crippen LogP contribution in [0.15, 0.2) is 77.8 Å². The fourth-order valence-electron chi connectivity index (χ4n) is 2.68. The third-order valence-corrected chi connectivity index (χ3v) is 4.77. The van der Waals surface area contributed by atoms with E-state index in [9.17, 15) is 9.59 Å². The van der Waals surface area contributed by atoms with Crippen molar-refractivity contribution in [3.05, 3.63) is 89.5 Å². The lowest BCUT2D eigenvalue weighted by molar-refractivity contribution is 0.0334. The smallest absolute Gasteiger partial charge is 0.343 e. The van der Waals surface area contributed by atoms with E-state index < -0.39 is 11.9 Å². The van der Waals surface area contributed by atoms with Gasteiger partial charge in [-0.25, -0.2) is 9.59 Å². The molecule has 0 amide bonds. The molecule has 3 rings (SSSR count). The molecule has 0 aliphatic heterocycles. The van der Waals surface area contributed by atoms with E-state index in [-0.39, 0.29) is 6.10 Å². The summed E-state index contributed by atoms with van der Waals surface area (Å²) in [5.41, 5.74) is 2.45. The zero-order chi connectivity index (χ0) is 22.9. The number of nitrogens with zero attached hydrogens (tertiary/aromatic N) is 1. The van der Waals surface area contributed by atoms with Gasteiger partial charge >= 0.3 is 11.9 Å². The fourth-order valence-corrected chi connectivity index (χ4v) is 2.68. The van der Waals surface area contributed by atoms with Gasteiger partial charge in [-0.05, 0) is 91.7 Å². The normalized spacial score (nSPS) is 11.7. The molecule has 3 aromatic carbocycles. The molecule has 0 saturated carbocycles. The molecular formula is C26H25NO5. The van der Waals surface area contributed by atoms with E-state index in [2.05, 4.69) is 4.99 Å². The highest BCUT2D eigenvalue weighted by molar-refractivity contribution is 5.92. The van der Waals surface area contributed by atoms with E-state index in [1.807, 2.05) is 38.1 Å². The van der Waals surface area contributed by atoms with Crippen molar-refractivity contribution < 1.29 is 23.8 Å². The number of esters is 2. The molecule has 0 aromatic heterocycles. The lowest BCUT2D eigenvalue weighted by Gasteiger charge is -2.11. The molecule has 0 spiro atoms. The predicted molar refractivity (Wildman–Crippen MR) is 123 cm³/mol. The third-order valence-electron chi connectivity index (χ3n) is 4.77. The van der Waals surface area contributed by atoms with E-state index in [0.717, 1.165) is 17.7 Å². The lowest BCUT2D eigenvalue weighted by Crippen LogP contribution is -2.14. The van der Waals surface area contributed by atoms with E-state index in [0.29, 0.717) is 22.6 Å². The Hall–Kier alpha value is -3.93. The predicted octanol–water partition coefficient (Wildman–Crippen LogP) is 5.62. The van der Waals surface area contributed by atoms with Crippen LogP contribution in [-0.2, 0) is 4.74 Å². The average Bonchev–Trinajstić information content (AvgIpc) is 2.83. The molecule has 32 heavy (non-hydrogen) atoms. The zero-order valence-electron chi connectivity index (χ0n) is 18.3. The maximum atomic E-state index is 12.4. The van der Waals surface area contributed by atoms with E-state index in [4.69, 9.17) is 14.2 Å². The third kappa shape index (κ3) is 6.28. The molecule has 1 atom stereocenters. The minimum absolute atomic E-state index is 0.150. The molecule has 6 heteroatoms. The van der Waals surface area contributed by atoms with Gasteiger partial charge in [0.15, 0.2) is 0 Å². The molecule has 0 N–H and O–H groups in total. The van der Waals surface area contributed by atoms with Gasteiger partial charge in [0.1, 0.15) is 11.5 Å². The van der Waals surface area contributed by atoms with Crippen molar-refractivity contribution in [1.82, 2.24) is 0 Å². The lowest BCUT2D eigenvalue weighted by atomic mass is 10.2. The van der Waals surface area contributed by atoms with Gasteiger partial charge in [0.25, 0.3) is 0 Å². The first-order valence-electron chi connectivity index (χ1n) is 10.3. The first kappa shape index (κ1) is 22.7. The second-order valence-electron chi connectivity index (χ2n) is 7.12. The number of hydrogen-bond acceptors (Lipinski definition) is 6. The van der Waals surface area contributed by atoms with Gasteiger partial charge in [-0.1, -0.05) is 6.92 Å². The Morgan fingerprint density at radius 3 is 2.00 bits per heavy atom. The van der Waals surface area contributed by atoms with E-state index in [1.165, 1.54) is 0 Å². The molecule has 164 valence electrons. The Morgan fingerprint density at radius 1 is 0.844 bits per heavy atom. The van der Waals surface area contributed by atoms with Crippen LogP contribution in [0, 0.1) is 0 Å². The molecule has 0 heterocycles. The number of methoxy groups -OCH3 is 1. The summed E-state index contributed by atoms with van der Waals surface area (Å²) >= 11 is 0. The maximum Gasteiger partial charge on any atom is 0.343 e. The molecule has 0 fully saturated rings. The largest absolute Gasteiger partial charge is 0.497 e. The Balaban J connectivity index is 1.58. The van der Waals surface area contributed by atoms with Crippen molar-refractivity contribution in [2.75, 3.05) is 7.11 Å². The topological polar surface area (TPSA) is 74.2 Å². The molecule has 0 radical (unpaired) electrons. The zero-order valence-corrected chi connectivity index (χ0v) is 18.3. The fraction of sp³-hybridized carbons (Fsp3) is 0.192. The van der Waals surface area contributed by atoms with Crippen molar-refractivity contribution >= 4 is 23.8 Å². The Bertz CT molecular complexity index is 1070. The number of rotatable bonds is 8. The van der Waals surface area contributed by atoms with Crippen LogP contribution in [0.5, 0.6) is 11.5 Å². The van der Waals surface area contributed by atoms with E-state index in [1.54, 1.807) is 61.9 Å².